The van der Waals surface area contributed by atoms with Crippen molar-refractivity contribution in [3.63, 3.8) is 0 Å². The molecule has 3 aromatic heterocycles. The van der Waals surface area contributed by atoms with Gasteiger partial charge in [-0.15, -0.1) is 0 Å². The number of anilines is 1. The molecule has 4 heterocycles. The van der Waals surface area contributed by atoms with Crippen molar-refractivity contribution >= 4 is 51.9 Å². The molecular formula is C20H22ClN5O9S. The maximum atomic E-state index is 12.0. The van der Waals surface area contributed by atoms with Gasteiger partial charge in [-0.1, -0.05) is 0 Å². The predicted molar refractivity (Wildman–Crippen MR) is 124 cm³/mol. The first-order valence-corrected chi connectivity index (χ1v) is 11.9. The number of thiophene rings is 1. The van der Waals surface area contributed by atoms with Crippen LogP contribution in [0.2, 0.25) is 5.28 Å². The summed E-state index contributed by atoms with van der Waals surface area (Å²) in [5.41, 5.74) is -1.79. The molecule has 0 spiro atoms. The number of halogens is 1. The van der Waals surface area contributed by atoms with Crippen molar-refractivity contribution in [1.29, 1.82) is 0 Å². The van der Waals surface area contributed by atoms with Crippen LogP contribution < -0.4 is 5.32 Å². The number of carboxylic acids is 2. The zero-order chi connectivity index (χ0) is 26.0. The summed E-state index contributed by atoms with van der Waals surface area (Å²) in [5.74, 6) is -3.21. The van der Waals surface area contributed by atoms with Gasteiger partial charge in [-0.05, 0) is 34.0 Å². The van der Waals surface area contributed by atoms with Crippen LogP contribution in [0.15, 0.2) is 23.2 Å². The van der Waals surface area contributed by atoms with Crippen molar-refractivity contribution in [2.45, 2.75) is 36.6 Å². The van der Waals surface area contributed by atoms with E-state index < -0.39 is 55.1 Å². The van der Waals surface area contributed by atoms with E-state index in [2.05, 4.69) is 20.3 Å². The normalized spacial score (nSPS) is 22.2. The molecule has 0 amide bonds. The second kappa shape index (κ2) is 10.6. The van der Waals surface area contributed by atoms with Gasteiger partial charge in [0.05, 0.1) is 19.5 Å². The Balaban J connectivity index is 1.57. The lowest BCUT2D eigenvalue weighted by Gasteiger charge is -2.27. The molecule has 0 saturated carbocycles. The van der Waals surface area contributed by atoms with E-state index in [9.17, 15) is 30.0 Å². The molecule has 1 aliphatic rings. The number of hydrogen-bond acceptors (Lipinski definition) is 12. The molecule has 1 aliphatic heterocycles. The number of rotatable bonds is 11. The lowest BCUT2D eigenvalue weighted by molar-refractivity contribution is -0.189. The highest BCUT2D eigenvalue weighted by Gasteiger charge is 2.51. The quantitative estimate of drug-likeness (QED) is 0.136. The third kappa shape index (κ3) is 4.86. The fourth-order valence-electron chi connectivity index (χ4n) is 3.79. The lowest BCUT2D eigenvalue weighted by atomic mass is 9.95. The molecule has 16 heteroatoms. The number of carbonyl (C=O) groups is 2. The summed E-state index contributed by atoms with van der Waals surface area (Å²) in [4.78, 5) is 36.2. The van der Waals surface area contributed by atoms with Gasteiger partial charge in [-0.2, -0.15) is 21.3 Å². The van der Waals surface area contributed by atoms with E-state index in [0.29, 0.717) is 5.56 Å². The molecule has 36 heavy (non-hydrogen) atoms. The minimum absolute atomic E-state index is 0.149. The van der Waals surface area contributed by atoms with Crippen molar-refractivity contribution in [3.8, 4) is 0 Å². The van der Waals surface area contributed by atoms with Crippen molar-refractivity contribution in [1.82, 2.24) is 19.5 Å². The number of ether oxygens (including phenoxy) is 2. The predicted octanol–water partition coefficient (Wildman–Crippen LogP) is -0.268. The Hall–Kier alpha value is -2.92. The fourth-order valence-corrected chi connectivity index (χ4v) is 4.63. The summed E-state index contributed by atoms with van der Waals surface area (Å²) in [6.07, 6.45) is -4.79. The number of aliphatic carboxylic acids is 2. The Morgan fingerprint density at radius 1 is 1.25 bits per heavy atom. The first-order chi connectivity index (χ1) is 17.2. The average molecular weight is 544 g/mol. The summed E-state index contributed by atoms with van der Waals surface area (Å²) in [6.45, 7) is -0.665. The zero-order valence-corrected chi connectivity index (χ0v) is 20.0. The summed E-state index contributed by atoms with van der Waals surface area (Å²) < 4.78 is 12.4. The fraction of sp³-hybridized carbons (Fsp3) is 0.450. The van der Waals surface area contributed by atoms with Gasteiger partial charge in [-0.3, -0.25) is 4.57 Å². The number of carboxylic acid groups (broad SMARTS) is 2. The van der Waals surface area contributed by atoms with Crippen LogP contribution in [0.1, 0.15) is 11.8 Å². The third-order valence-electron chi connectivity index (χ3n) is 5.63. The number of aliphatic hydroxyl groups excluding tert-OH is 3. The SMILES string of the molecule is O=C(O)C(Cc1ccsc1)(OC[C@H]1O[C@@H](n2cnc3c(NCCO)nc(Cl)nc32)[C@H](O)[C@@H]1O)C(=O)O. The second-order valence-corrected chi connectivity index (χ2v) is 9.04. The monoisotopic (exact) mass is 543 g/mol. The molecule has 14 nitrogen and oxygen atoms in total. The van der Waals surface area contributed by atoms with Gasteiger partial charge < -0.3 is 40.3 Å². The highest BCUT2D eigenvalue weighted by atomic mass is 35.5. The van der Waals surface area contributed by atoms with E-state index in [1.54, 1.807) is 16.8 Å². The standard InChI is InChI=1S/C20H22ClN5O9S/c21-19-24-14(22-2-3-27)11-15(25-19)26(8-23-11)16-13(29)12(28)10(35-16)6-34-20(17(30)31,18(32)33)5-9-1-4-36-7-9/h1,4,7-8,10,12-13,16,27-29H,2-3,5-6H2,(H,30,31)(H,32,33)(H,22,24,25)/t10-,12-,13-,16-/m1/s1. The van der Waals surface area contributed by atoms with Crippen LogP contribution in [0.3, 0.4) is 0 Å². The van der Waals surface area contributed by atoms with Crippen LogP contribution in [0, 0.1) is 0 Å². The van der Waals surface area contributed by atoms with Gasteiger partial charge in [0.2, 0.25) is 5.28 Å². The number of imidazole rings is 1. The molecule has 4 atom stereocenters. The van der Waals surface area contributed by atoms with Crippen molar-refractivity contribution < 1.29 is 44.6 Å². The second-order valence-electron chi connectivity index (χ2n) is 7.92. The lowest BCUT2D eigenvalue weighted by Crippen LogP contribution is -2.52. The number of aliphatic hydroxyl groups is 3. The summed E-state index contributed by atoms with van der Waals surface area (Å²) >= 11 is 7.27. The highest BCUT2D eigenvalue weighted by molar-refractivity contribution is 7.07. The zero-order valence-electron chi connectivity index (χ0n) is 18.4. The Kier molecular flexibility index (Phi) is 7.70. The summed E-state index contributed by atoms with van der Waals surface area (Å²) in [7, 11) is 0. The number of nitrogens with zero attached hydrogens (tertiary/aromatic N) is 4. The maximum Gasteiger partial charge on any atom is 0.348 e. The number of hydrogen-bond donors (Lipinski definition) is 6. The molecule has 0 unspecified atom stereocenters. The van der Waals surface area contributed by atoms with Gasteiger partial charge >= 0.3 is 11.9 Å². The maximum absolute atomic E-state index is 12.0. The van der Waals surface area contributed by atoms with E-state index in [4.69, 9.17) is 26.2 Å². The minimum atomic E-state index is -2.64. The van der Waals surface area contributed by atoms with E-state index in [0.717, 1.165) is 0 Å². The minimum Gasteiger partial charge on any atom is -0.479 e. The summed E-state index contributed by atoms with van der Waals surface area (Å²) in [6, 6.07) is 1.58. The van der Waals surface area contributed by atoms with Gasteiger partial charge in [0, 0.05) is 13.0 Å². The van der Waals surface area contributed by atoms with Crippen LogP contribution in [0.25, 0.3) is 11.2 Å². The molecular weight excluding hydrogens is 522 g/mol. The van der Waals surface area contributed by atoms with Gasteiger partial charge in [0.1, 0.15) is 18.3 Å². The molecule has 6 N–H and O–H groups in total. The number of nitrogens with one attached hydrogen (secondary N) is 1. The first-order valence-electron chi connectivity index (χ1n) is 10.6. The van der Waals surface area contributed by atoms with Crippen LogP contribution in [-0.4, -0.2) is 101 Å². The summed E-state index contributed by atoms with van der Waals surface area (Å²) in [5, 5.41) is 55.7. The van der Waals surface area contributed by atoms with Crippen LogP contribution in [0.4, 0.5) is 5.82 Å². The van der Waals surface area contributed by atoms with Crippen molar-refractivity contribution in [2.75, 3.05) is 25.1 Å². The van der Waals surface area contributed by atoms with Crippen molar-refractivity contribution in [2.24, 2.45) is 0 Å². The van der Waals surface area contributed by atoms with E-state index >= 15 is 0 Å². The molecule has 4 rings (SSSR count). The van der Waals surface area contributed by atoms with Gasteiger partial charge in [0.15, 0.2) is 23.2 Å². The Bertz CT molecular complexity index is 1230. The van der Waals surface area contributed by atoms with E-state index in [-0.39, 0.29) is 35.4 Å². The van der Waals surface area contributed by atoms with Gasteiger partial charge in [-0.25, -0.2) is 14.6 Å². The van der Waals surface area contributed by atoms with Crippen LogP contribution in [-0.2, 0) is 25.5 Å². The third-order valence-corrected chi connectivity index (χ3v) is 6.53. The van der Waals surface area contributed by atoms with Gasteiger partial charge in [0.25, 0.3) is 5.60 Å². The van der Waals surface area contributed by atoms with Crippen LogP contribution in [0.5, 0.6) is 0 Å². The molecule has 1 saturated heterocycles. The first kappa shape index (κ1) is 26.2. The van der Waals surface area contributed by atoms with E-state index in [1.165, 1.54) is 22.2 Å². The Morgan fingerprint density at radius 2 is 2.00 bits per heavy atom. The number of aromatic nitrogens is 4. The Labute approximate surface area is 211 Å². The topological polar surface area (TPSA) is 209 Å². The molecule has 194 valence electrons. The average Bonchev–Trinajstić information content (AvgIpc) is 3.56. The largest absolute Gasteiger partial charge is 0.479 e. The van der Waals surface area contributed by atoms with Crippen molar-refractivity contribution in [3.05, 3.63) is 34.0 Å². The molecule has 1 fully saturated rings. The number of fused-ring (bicyclic) bond motifs is 1. The van der Waals surface area contributed by atoms with Crippen LogP contribution >= 0.6 is 22.9 Å². The molecule has 0 aromatic carbocycles. The highest BCUT2D eigenvalue weighted by Crippen LogP contribution is 2.34. The van der Waals surface area contributed by atoms with E-state index in [1.807, 2.05) is 0 Å². The smallest absolute Gasteiger partial charge is 0.348 e. The molecule has 0 aliphatic carbocycles. The molecule has 3 aromatic rings. The Morgan fingerprint density at radius 3 is 2.64 bits per heavy atom. The molecule has 0 bridgehead atoms. The molecule has 0 radical (unpaired) electrons.